The summed E-state index contributed by atoms with van der Waals surface area (Å²) in [5.41, 5.74) is -0.480. The zero-order valence-electron chi connectivity index (χ0n) is 15.9. The highest BCUT2D eigenvalue weighted by Crippen LogP contribution is 2.39. The van der Waals surface area contributed by atoms with E-state index in [9.17, 15) is 14.7 Å². The highest BCUT2D eigenvalue weighted by atomic mass is 16.5. The number of aliphatic hydroxyl groups excluding tert-OH is 1. The molecule has 1 atom stereocenters. The van der Waals surface area contributed by atoms with Gasteiger partial charge in [-0.3, -0.25) is 14.5 Å². The Morgan fingerprint density at radius 2 is 1.75 bits per heavy atom. The summed E-state index contributed by atoms with van der Waals surface area (Å²) >= 11 is 0. The lowest BCUT2D eigenvalue weighted by Gasteiger charge is -2.55. The smallest absolute Gasteiger partial charge is 0.305 e. The molecule has 24 heavy (non-hydrogen) atoms. The molecule has 1 aliphatic heterocycles. The van der Waals surface area contributed by atoms with Crippen LogP contribution in [-0.2, 0) is 19.1 Å². The Morgan fingerprint density at radius 1 is 1.21 bits per heavy atom. The molecule has 6 heteroatoms. The van der Waals surface area contributed by atoms with E-state index in [-0.39, 0.29) is 35.7 Å². The fourth-order valence-electron chi connectivity index (χ4n) is 3.77. The molecule has 0 unspecified atom stereocenters. The van der Waals surface area contributed by atoms with Gasteiger partial charge in [0.25, 0.3) is 0 Å². The number of β-amino-alcohol motifs (C(OH)–C–C–N with tert-alkyl or cyclic N) is 1. The van der Waals surface area contributed by atoms with Crippen molar-refractivity contribution in [3.05, 3.63) is 0 Å². The van der Waals surface area contributed by atoms with Gasteiger partial charge in [0.2, 0.25) is 0 Å². The van der Waals surface area contributed by atoms with Crippen LogP contribution in [0.5, 0.6) is 0 Å². The Labute approximate surface area is 145 Å². The van der Waals surface area contributed by atoms with Crippen molar-refractivity contribution in [2.75, 3.05) is 13.2 Å². The number of carbonyl (C=O) groups is 2. The molecule has 0 saturated carbocycles. The highest BCUT2D eigenvalue weighted by Gasteiger charge is 2.46. The number of aliphatic hydroxyl groups is 1. The predicted octanol–water partition coefficient (Wildman–Crippen LogP) is 2.28. The fraction of sp³-hybridized carbons (Fsp3) is 0.889. The molecule has 6 nitrogen and oxygen atoms in total. The number of esters is 2. The van der Waals surface area contributed by atoms with Crippen LogP contribution in [0.2, 0.25) is 0 Å². The minimum absolute atomic E-state index is 0.00880. The summed E-state index contributed by atoms with van der Waals surface area (Å²) in [6, 6.07) is 0. The zero-order valence-corrected chi connectivity index (χ0v) is 15.9. The molecule has 1 N–H and O–H groups in total. The van der Waals surface area contributed by atoms with E-state index in [0.717, 1.165) is 6.42 Å². The molecule has 1 fully saturated rings. The maximum absolute atomic E-state index is 11.4. The third-order valence-corrected chi connectivity index (χ3v) is 4.53. The quantitative estimate of drug-likeness (QED) is 0.715. The molecule has 140 valence electrons. The molecule has 0 aromatic rings. The Balaban J connectivity index is 2.68. The van der Waals surface area contributed by atoms with E-state index in [1.807, 2.05) is 6.92 Å². The van der Waals surface area contributed by atoms with Crippen LogP contribution in [0.25, 0.3) is 0 Å². The molecule has 1 aliphatic rings. The summed E-state index contributed by atoms with van der Waals surface area (Å²) in [6.07, 6.45) is 1.66. The van der Waals surface area contributed by atoms with Crippen molar-refractivity contribution in [2.24, 2.45) is 0 Å². The molecule has 0 amide bonds. The van der Waals surface area contributed by atoms with E-state index in [2.05, 4.69) is 32.6 Å². The van der Waals surface area contributed by atoms with Crippen molar-refractivity contribution in [3.63, 3.8) is 0 Å². The van der Waals surface area contributed by atoms with Gasteiger partial charge in [0.1, 0.15) is 18.8 Å². The Bertz CT molecular complexity index is 429. The van der Waals surface area contributed by atoms with Crippen molar-refractivity contribution < 1.29 is 24.2 Å². The summed E-state index contributed by atoms with van der Waals surface area (Å²) in [6.45, 7) is 12.1. The first kappa shape index (κ1) is 20.9. The van der Waals surface area contributed by atoms with Gasteiger partial charge in [-0.1, -0.05) is 6.92 Å². The van der Waals surface area contributed by atoms with E-state index < -0.39 is 6.10 Å². The van der Waals surface area contributed by atoms with Crippen LogP contribution in [0.3, 0.4) is 0 Å². The van der Waals surface area contributed by atoms with Crippen molar-refractivity contribution in [1.29, 1.82) is 0 Å². The number of likely N-dealkylation sites (tertiary alicyclic amines) is 1. The molecule has 0 aromatic carbocycles. The third kappa shape index (κ3) is 6.06. The molecule has 0 radical (unpaired) electrons. The average molecular weight is 343 g/mol. The van der Waals surface area contributed by atoms with Crippen molar-refractivity contribution >= 4 is 11.9 Å². The fourth-order valence-corrected chi connectivity index (χ4v) is 3.77. The summed E-state index contributed by atoms with van der Waals surface area (Å²) in [7, 11) is 0. The van der Waals surface area contributed by atoms with E-state index in [4.69, 9.17) is 9.47 Å². The molecule has 0 bridgehead atoms. The zero-order chi connectivity index (χ0) is 18.5. The average Bonchev–Trinajstić information content (AvgIpc) is 2.39. The predicted molar refractivity (Wildman–Crippen MR) is 91.5 cm³/mol. The van der Waals surface area contributed by atoms with Gasteiger partial charge in [-0.05, 0) is 34.1 Å². The van der Waals surface area contributed by atoms with Gasteiger partial charge >= 0.3 is 11.9 Å². The van der Waals surface area contributed by atoms with Gasteiger partial charge in [-0.2, -0.15) is 0 Å². The summed E-state index contributed by atoms with van der Waals surface area (Å²) in [4.78, 5) is 24.9. The first-order chi connectivity index (χ1) is 11.0. The number of ether oxygens (including phenoxy) is 2. The Kier molecular flexibility index (Phi) is 7.23. The van der Waals surface area contributed by atoms with Gasteiger partial charge in [0.05, 0.1) is 0 Å². The second-order valence-corrected chi connectivity index (χ2v) is 7.96. The lowest BCUT2D eigenvalue weighted by molar-refractivity contribution is -0.160. The summed E-state index contributed by atoms with van der Waals surface area (Å²) in [5, 5.41) is 10.3. The Morgan fingerprint density at radius 3 is 2.21 bits per heavy atom. The maximum Gasteiger partial charge on any atom is 0.305 e. The van der Waals surface area contributed by atoms with Gasteiger partial charge < -0.3 is 14.6 Å². The number of nitrogens with zero attached hydrogens (tertiary/aromatic N) is 1. The molecular weight excluding hydrogens is 310 g/mol. The van der Waals surface area contributed by atoms with Crippen LogP contribution in [0.1, 0.15) is 67.2 Å². The monoisotopic (exact) mass is 343 g/mol. The van der Waals surface area contributed by atoms with Crippen molar-refractivity contribution in [2.45, 2.75) is 90.5 Å². The topological polar surface area (TPSA) is 76.1 Å². The second-order valence-electron chi connectivity index (χ2n) is 7.96. The van der Waals surface area contributed by atoms with Crippen molar-refractivity contribution in [1.82, 2.24) is 4.90 Å². The highest BCUT2D eigenvalue weighted by molar-refractivity contribution is 5.69. The SMILES string of the molecule is CCCC(=O)OC[C@H](O)CN1C(C)(C)CC(OC(C)=O)CC1(C)C. The first-order valence-corrected chi connectivity index (χ1v) is 8.76. The second kappa shape index (κ2) is 8.30. The van der Waals surface area contributed by atoms with Gasteiger partial charge in [-0.25, -0.2) is 0 Å². The van der Waals surface area contributed by atoms with E-state index in [1.165, 1.54) is 6.92 Å². The lowest BCUT2D eigenvalue weighted by atomic mass is 9.78. The number of rotatable bonds is 7. The molecule has 0 aromatic heterocycles. The van der Waals surface area contributed by atoms with Crippen LogP contribution < -0.4 is 0 Å². The Hall–Kier alpha value is -1.14. The molecule has 1 saturated heterocycles. The summed E-state index contributed by atoms with van der Waals surface area (Å²) < 4.78 is 10.5. The van der Waals surface area contributed by atoms with Crippen LogP contribution in [0.15, 0.2) is 0 Å². The van der Waals surface area contributed by atoms with Gasteiger partial charge in [-0.15, -0.1) is 0 Å². The number of hydrogen-bond donors (Lipinski definition) is 1. The van der Waals surface area contributed by atoms with Crippen LogP contribution in [0, 0.1) is 0 Å². The minimum Gasteiger partial charge on any atom is -0.463 e. The van der Waals surface area contributed by atoms with Crippen LogP contribution in [-0.4, -0.2) is 58.4 Å². The molecule has 1 heterocycles. The normalized spacial score (nSPS) is 22.0. The first-order valence-electron chi connectivity index (χ1n) is 8.76. The molecule has 1 rings (SSSR count). The largest absolute Gasteiger partial charge is 0.463 e. The standard InChI is InChI=1S/C18H33NO5/c1-7-8-16(22)23-12-14(21)11-19-17(3,4)9-15(24-13(2)20)10-18(19,5)6/h14-15,21H,7-12H2,1-6H3/t14-/m1/s1. The molecule has 0 aliphatic carbocycles. The van der Waals surface area contributed by atoms with E-state index >= 15 is 0 Å². The number of carbonyl (C=O) groups excluding carboxylic acids is 2. The maximum atomic E-state index is 11.4. The third-order valence-electron chi connectivity index (χ3n) is 4.53. The van der Waals surface area contributed by atoms with Gasteiger partial charge in [0, 0.05) is 43.8 Å². The number of piperidine rings is 1. The molecule has 0 spiro atoms. The van der Waals surface area contributed by atoms with E-state index in [1.54, 1.807) is 0 Å². The number of hydrogen-bond acceptors (Lipinski definition) is 6. The summed E-state index contributed by atoms with van der Waals surface area (Å²) in [5.74, 6) is -0.536. The lowest BCUT2D eigenvalue weighted by Crippen LogP contribution is -2.64. The van der Waals surface area contributed by atoms with Gasteiger partial charge in [0.15, 0.2) is 0 Å². The molecular formula is C18H33NO5. The van der Waals surface area contributed by atoms with Crippen LogP contribution in [0.4, 0.5) is 0 Å². The van der Waals surface area contributed by atoms with E-state index in [0.29, 0.717) is 25.8 Å². The van der Waals surface area contributed by atoms with Crippen molar-refractivity contribution in [3.8, 4) is 0 Å². The van der Waals surface area contributed by atoms with Crippen LogP contribution >= 0.6 is 0 Å². The minimum atomic E-state index is -0.741.